The lowest BCUT2D eigenvalue weighted by atomic mass is 9.96. The van der Waals surface area contributed by atoms with Gasteiger partial charge in [0.2, 0.25) is 0 Å². The van der Waals surface area contributed by atoms with E-state index in [1.165, 1.54) is 43.5 Å². The van der Waals surface area contributed by atoms with Gasteiger partial charge in [0, 0.05) is 61.0 Å². The van der Waals surface area contributed by atoms with Crippen LogP contribution in [0.25, 0.3) is 0 Å². The Hall–Kier alpha value is -3.22. The van der Waals surface area contributed by atoms with Crippen LogP contribution in [0.5, 0.6) is 0 Å². The molecule has 6 nitrogen and oxygen atoms in total. The van der Waals surface area contributed by atoms with Crippen LogP contribution in [0.1, 0.15) is 54.1 Å². The average Bonchev–Trinajstić information content (AvgIpc) is 3.51. The summed E-state index contributed by atoms with van der Waals surface area (Å²) in [6, 6.07) is 21.4. The van der Waals surface area contributed by atoms with E-state index in [1.807, 2.05) is 48.8 Å². The third-order valence-corrected chi connectivity index (χ3v) is 8.69. The second kappa shape index (κ2) is 11.3. The van der Waals surface area contributed by atoms with Gasteiger partial charge in [0.25, 0.3) is 5.91 Å². The molecule has 2 saturated heterocycles. The molecule has 38 heavy (non-hydrogen) atoms. The Morgan fingerprint density at radius 2 is 1.74 bits per heavy atom. The topological polar surface area (TPSA) is 57.7 Å². The van der Waals surface area contributed by atoms with Gasteiger partial charge in [-0.05, 0) is 105 Å². The van der Waals surface area contributed by atoms with Gasteiger partial charge in [0.15, 0.2) is 0 Å². The molecule has 1 saturated carbocycles. The molecule has 1 aliphatic carbocycles. The minimum Gasteiger partial charge on any atom is -0.374 e. The molecule has 6 heteroatoms. The van der Waals surface area contributed by atoms with Crippen LogP contribution in [0.2, 0.25) is 0 Å². The number of benzene rings is 2. The maximum atomic E-state index is 12.8. The lowest BCUT2D eigenvalue weighted by molar-refractivity contribution is -0.00866. The van der Waals surface area contributed by atoms with E-state index >= 15 is 0 Å². The summed E-state index contributed by atoms with van der Waals surface area (Å²) < 4.78 is 5.87. The van der Waals surface area contributed by atoms with Crippen molar-refractivity contribution in [1.82, 2.24) is 9.88 Å². The molecule has 0 radical (unpaired) electrons. The molecule has 3 heterocycles. The molecule has 3 fully saturated rings. The fourth-order valence-corrected chi connectivity index (χ4v) is 6.11. The van der Waals surface area contributed by atoms with Crippen LogP contribution in [0.4, 0.5) is 11.4 Å². The second-order valence-electron chi connectivity index (χ2n) is 11.2. The highest BCUT2D eigenvalue weighted by atomic mass is 16.5. The number of amides is 1. The molecule has 1 N–H and O–H groups in total. The first-order valence-electron chi connectivity index (χ1n) is 14.1. The Labute approximate surface area is 226 Å². The lowest BCUT2D eigenvalue weighted by Gasteiger charge is -2.29. The maximum Gasteiger partial charge on any atom is 0.255 e. The van der Waals surface area contributed by atoms with E-state index < -0.39 is 0 Å². The summed E-state index contributed by atoms with van der Waals surface area (Å²) in [5.74, 6) is 0.636. The van der Waals surface area contributed by atoms with Gasteiger partial charge in [-0.1, -0.05) is 12.1 Å². The monoisotopic (exact) mass is 510 g/mol. The zero-order valence-electron chi connectivity index (χ0n) is 22.3. The Balaban J connectivity index is 1.02. The molecule has 6 rings (SSSR count). The van der Waals surface area contributed by atoms with Gasteiger partial charge in [0.1, 0.15) is 0 Å². The third kappa shape index (κ3) is 5.62. The van der Waals surface area contributed by atoms with E-state index in [1.54, 1.807) is 0 Å². The largest absolute Gasteiger partial charge is 0.374 e. The van der Waals surface area contributed by atoms with Crippen molar-refractivity contribution in [2.45, 2.75) is 63.8 Å². The first-order valence-corrected chi connectivity index (χ1v) is 14.1. The molecule has 1 unspecified atom stereocenters. The minimum atomic E-state index is -0.0833. The Morgan fingerprint density at radius 3 is 2.45 bits per heavy atom. The average molecular weight is 511 g/mol. The fraction of sp³-hybridized carbons (Fsp3) is 0.438. The predicted molar refractivity (Wildman–Crippen MR) is 151 cm³/mol. The summed E-state index contributed by atoms with van der Waals surface area (Å²) in [6.45, 7) is 6.35. The summed E-state index contributed by atoms with van der Waals surface area (Å²) >= 11 is 0. The van der Waals surface area contributed by atoms with Crippen molar-refractivity contribution in [1.29, 1.82) is 0 Å². The fourth-order valence-electron chi connectivity index (χ4n) is 6.11. The van der Waals surface area contributed by atoms with Gasteiger partial charge in [-0.3, -0.25) is 14.7 Å². The quantitative estimate of drug-likeness (QED) is 0.409. The van der Waals surface area contributed by atoms with E-state index in [2.05, 4.69) is 51.3 Å². The molecule has 2 aromatic carbocycles. The molecule has 2 aliphatic heterocycles. The van der Waals surface area contributed by atoms with Gasteiger partial charge in [-0.25, -0.2) is 0 Å². The van der Waals surface area contributed by atoms with E-state index in [4.69, 9.17) is 4.74 Å². The van der Waals surface area contributed by atoms with Gasteiger partial charge >= 0.3 is 0 Å². The maximum absolute atomic E-state index is 12.8. The SMILES string of the molecule is CC(Cc1ccncc1)N1C[C@H]2CCN(c3ccc(NC(=O)c4ccc(COC5CCC5)cc4)cc3)[C@H]2C1. The minimum absolute atomic E-state index is 0.0833. The molecule has 1 amide bonds. The lowest BCUT2D eigenvalue weighted by Crippen LogP contribution is -2.38. The Kier molecular flexibility index (Phi) is 7.43. The van der Waals surface area contributed by atoms with Crippen LogP contribution in [0.3, 0.4) is 0 Å². The van der Waals surface area contributed by atoms with Crippen LogP contribution in [0.15, 0.2) is 73.1 Å². The van der Waals surface area contributed by atoms with Gasteiger partial charge in [-0.15, -0.1) is 0 Å². The summed E-state index contributed by atoms with van der Waals surface area (Å²) in [6.07, 6.45) is 10.1. The molecule has 3 atom stereocenters. The number of hydrogen-bond acceptors (Lipinski definition) is 5. The zero-order valence-corrected chi connectivity index (χ0v) is 22.3. The van der Waals surface area contributed by atoms with E-state index in [9.17, 15) is 4.79 Å². The standard InChI is InChI=1S/C32H38N4O2/c1-23(19-24-13-16-33-17-14-24)35-20-27-15-18-36(31(27)21-35)29-11-9-28(10-12-29)34-32(37)26-7-5-25(6-8-26)22-38-30-3-2-4-30/h5-14,16-17,23,27,30-31H,2-4,15,18-22H2,1H3,(H,34,37)/t23?,27-,31+/m1/s1. The summed E-state index contributed by atoms with van der Waals surface area (Å²) in [7, 11) is 0. The number of anilines is 2. The van der Waals surface area contributed by atoms with Crippen LogP contribution in [-0.2, 0) is 17.8 Å². The number of pyridine rings is 1. The number of nitrogens with zero attached hydrogens (tertiary/aromatic N) is 3. The predicted octanol–water partition coefficient (Wildman–Crippen LogP) is 5.54. The molecule has 1 aromatic heterocycles. The summed E-state index contributed by atoms with van der Waals surface area (Å²) in [5.41, 5.74) is 5.20. The molecular weight excluding hydrogens is 472 g/mol. The summed E-state index contributed by atoms with van der Waals surface area (Å²) in [5, 5.41) is 3.05. The zero-order chi connectivity index (χ0) is 25.9. The molecule has 0 bridgehead atoms. The Bertz CT molecular complexity index is 1210. The van der Waals surface area contributed by atoms with Crippen molar-refractivity contribution >= 4 is 17.3 Å². The number of aromatic nitrogens is 1. The van der Waals surface area contributed by atoms with Gasteiger partial charge in [0.05, 0.1) is 12.7 Å². The van der Waals surface area contributed by atoms with Crippen LogP contribution >= 0.6 is 0 Å². The first kappa shape index (κ1) is 25.1. The number of likely N-dealkylation sites (tertiary alicyclic amines) is 1. The number of rotatable bonds is 9. The normalized spacial score (nSPS) is 22.2. The smallest absolute Gasteiger partial charge is 0.255 e. The van der Waals surface area contributed by atoms with Crippen molar-refractivity contribution in [3.05, 3.63) is 89.7 Å². The van der Waals surface area contributed by atoms with Crippen LogP contribution in [-0.4, -0.2) is 53.6 Å². The van der Waals surface area contributed by atoms with Gasteiger partial charge < -0.3 is 15.0 Å². The highest BCUT2D eigenvalue weighted by Crippen LogP contribution is 2.36. The first-order chi connectivity index (χ1) is 18.6. The second-order valence-corrected chi connectivity index (χ2v) is 11.2. The molecular formula is C32H38N4O2. The number of carbonyl (C=O) groups excluding carboxylic acids is 1. The number of nitrogens with one attached hydrogen (secondary N) is 1. The molecule has 3 aromatic rings. The molecule has 198 valence electrons. The number of fused-ring (bicyclic) bond motifs is 1. The van der Waals surface area contributed by atoms with Crippen LogP contribution in [0, 0.1) is 5.92 Å². The summed E-state index contributed by atoms with van der Waals surface area (Å²) in [4.78, 5) is 22.2. The highest BCUT2D eigenvalue weighted by Gasteiger charge is 2.42. The molecule has 0 spiro atoms. The number of hydrogen-bond donors (Lipinski definition) is 1. The van der Waals surface area contributed by atoms with Crippen molar-refractivity contribution in [3.8, 4) is 0 Å². The van der Waals surface area contributed by atoms with Crippen molar-refractivity contribution in [2.75, 3.05) is 29.9 Å². The highest BCUT2D eigenvalue weighted by molar-refractivity contribution is 6.04. The van der Waals surface area contributed by atoms with E-state index in [0.29, 0.717) is 30.4 Å². The van der Waals surface area contributed by atoms with E-state index in [-0.39, 0.29) is 5.91 Å². The van der Waals surface area contributed by atoms with E-state index in [0.717, 1.165) is 36.7 Å². The van der Waals surface area contributed by atoms with Crippen molar-refractivity contribution in [2.24, 2.45) is 5.92 Å². The van der Waals surface area contributed by atoms with Crippen LogP contribution < -0.4 is 10.2 Å². The Morgan fingerprint density at radius 1 is 0.974 bits per heavy atom. The van der Waals surface area contributed by atoms with Gasteiger partial charge in [-0.2, -0.15) is 0 Å². The molecule has 3 aliphatic rings. The number of ether oxygens (including phenoxy) is 1. The van der Waals surface area contributed by atoms with Crippen molar-refractivity contribution < 1.29 is 9.53 Å². The number of carbonyl (C=O) groups is 1. The van der Waals surface area contributed by atoms with Crippen molar-refractivity contribution in [3.63, 3.8) is 0 Å². The third-order valence-electron chi connectivity index (χ3n) is 8.69.